The molecule has 1 amide bonds. The van der Waals surface area contributed by atoms with Gasteiger partial charge in [0, 0.05) is 16.8 Å². The summed E-state index contributed by atoms with van der Waals surface area (Å²) in [4.78, 5) is 12.6. The number of benzene rings is 4. The number of methoxy groups -OCH3 is 1. The molecule has 5 aromatic rings. The highest BCUT2D eigenvalue weighted by molar-refractivity contribution is 7.99. The monoisotopic (exact) mass is 507 g/mol. The van der Waals surface area contributed by atoms with E-state index >= 15 is 0 Å². The van der Waals surface area contributed by atoms with E-state index in [1.165, 1.54) is 11.8 Å². The van der Waals surface area contributed by atoms with Crippen molar-refractivity contribution in [3.63, 3.8) is 0 Å². The highest BCUT2D eigenvalue weighted by Gasteiger charge is 2.17. The summed E-state index contributed by atoms with van der Waals surface area (Å²) in [5.74, 6) is 1.35. The molecule has 0 unspecified atom stereocenters. The summed E-state index contributed by atoms with van der Waals surface area (Å²) in [6.07, 6.45) is 1.67. The number of hydrogen-bond acceptors (Lipinski definition) is 6. The molecule has 0 saturated carbocycles. The number of nitrogens with one attached hydrogen (secondary N) is 1. The number of aryl methyl sites for hydroxylation is 1. The summed E-state index contributed by atoms with van der Waals surface area (Å²) in [7, 11) is 1.63. The van der Waals surface area contributed by atoms with Crippen molar-refractivity contribution >= 4 is 34.7 Å². The van der Waals surface area contributed by atoms with Crippen LogP contribution in [0.3, 0.4) is 0 Å². The molecular formula is C29H25N5O2S. The standard InChI is InChI=1S/C29H25N5O2S/c1-20-10-12-22(13-11-20)28-32-33-29(34(28)24-14-16-25(36-2)17-15-24)37-19-27(35)31-30-18-23-8-5-7-21-6-3-4-9-26(21)23/h3-18H,19H2,1-2H3,(H,31,35). The smallest absolute Gasteiger partial charge is 0.250 e. The molecule has 0 saturated heterocycles. The first-order valence-electron chi connectivity index (χ1n) is 11.7. The Hall–Kier alpha value is -4.43. The summed E-state index contributed by atoms with van der Waals surface area (Å²) >= 11 is 1.30. The number of hydrazone groups is 1. The van der Waals surface area contributed by atoms with E-state index in [-0.39, 0.29) is 11.7 Å². The molecule has 184 valence electrons. The third kappa shape index (κ3) is 5.54. The molecule has 0 bridgehead atoms. The van der Waals surface area contributed by atoms with Gasteiger partial charge in [0.2, 0.25) is 0 Å². The topological polar surface area (TPSA) is 81.4 Å². The second-order valence-corrected chi connectivity index (χ2v) is 9.30. The first kappa shape index (κ1) is 24.3. The number of fused-ring (bicyclic) bond motifs is 1. The second kappa shape index (κ2) is 11.1. The lowest BCUT2D eigenvalue weighted by atomic mass is 10.1. The summed E-state index contributed by atoms with van der Waals surface area (Å²) in [6, 6.07) is 29.8. The molecule has 0 aliphatic carbocycles. The Morgan fingerprint density at radius 2 is 1.73 bits per heavy atom. The predicted octanol–water partition coefficient (Wildman–Crippen LogP) is 5.65. The summed E-state index contributed by atoms with van der Waals surface area (Å²) in [5.41, 5.74) is 6.53. The van der Waals surface area contributed by atoms with Crippen LogP contribution in [-0.4, -0.2) is 39.7 Å². The lowest BCUT2D eigenvalue weighted by molar-refractivity contribution is -0.118. The van der Waals surface area contributed by atoms with Crippen molar-refractivity contribution in [2.45, 2.75) is 12.1 Å². The number of nitrogens with zero attached hydrogens (tertiary/aromatic N) is 4. The van der Waals surface area contributed by atoms with Crippen molar-refractivity contribution in [1.82, 2.24) is 20.2 Å². The second-order valence-electron chi connectivity index (χ2n) is 8.36. The number of amides is 1. The normalized spacial score (nSPS) is 11.2. The zero-order valence-electron chi connectivity index (χ0n) is 20.5. The van der Waals surface area contributed by atoms with Gasteiger partial charge in [-0.2, -0.15) is 5.10 Å². The first-order valence-corrected chi connectivity index (χ1v) is 12.7. The molecule has 1 aromatic heterocycles. The minimum atomic E-state index is -0.234. The molecule has 0 aliphatic rings. The van der Waals surface area contributed by atoms with E-state index in [4.69, 9.17) is 4.74 Å². The van der Waals surface area contributed by atoms with Gasteiger partial charge in [-0.1, -0.05) is 84.1 Å². The fourth-order valence-corrected chi connectivity index (χ4v) is 4.66. The van der Waals surface area contributed by atoms with Crippen LogP contribution in [-0.2, 0) is 4.79 Å². The third-order valence-electron chi connectivity index (χ3n) is 5.82. The summed E-state index contributed by atoms with van der Waals surface area (Å²) < 4.78 is 7.25. The van der Waals surface area contributed by atoms with Crippen LogP contribution in [0.4, 0.5) is 0 Å². The molecule has 0 spiro atoms. The van der Waals surface area contributed by atoms with Gasteiger partial charge >= 0.3 is 0 Å². The Morgan fingerprint density at radius 1 is 0.973 bits per heavy atom. The number of hydrogen-bond donors (Lipinski definition) is 1. The highest BCUT2D eigenvalue weighted by Crippen LogP contribution is 2.29. The lowest BCUT2D eigenvalue weighted by Crippen LogP contribution is -2.20. The van der Waals surface area contributed by atoms with E-state index in [0.717, 1.165) is 38.9 Å². The first-order chi connectivity index (χ1) is 18.1. The Kier molecular flexibility index (Phi) is 7.28. The molecule has 0 fully saturated rings. The maximum atomic E-state index is 12.6. The minimum Gasteiger partial charge on any atom is -0.497 e. The van der Waals surface area contributed by atoms with E-state index in [1.807, 2.05) is 102 Å². The molecule has 7 nitrogen and oxygen atoms in total. The fraction of sp³-hybridized carbons (Fsp3) is 0.103. The van der Waals surface area contributed by atoms with Crippen molar-refractivity contribution in [3.05, 3.63) is 102 Å². The maximum absolute atomic E-state index is 12.6. The van der Waals surface area contributed by atoms with E-state index < -0.39 is 0 Å². The predicted molar refractivity (Wildman–Crippen MR) is 148 cm³/mol. The Labute approximate surface area is 219 Å². The number of thioether (sulfide) groups is 1. The molecular weight excluding hydrogens is 482 g/mol. The average Bonchev–Trinajstić information content (AvgIpc) is 3.36. The van der Waals surface area contributed by atoms with E-state index in [9.17, 15) is 4.79 Å². The Balaban J connectivity index is 1.33. The number of rotatable bonds is 8. The number of carbonyl (C=O) groups excluding carboxylic acids is 1. The largest absolute Gasteiger partial charge is 0.497 e. The van der Waals surface area contributed by atoms with E-state index in [1.54, 1.807) is 13.3 Å². The highest BCUT2D eigenvalue weighted by atomic mass is 32.2. The van der Waals surface area contributed by atoms with Crippen LogP contribution in [0.1, 0.15) is 11.1 Å². The number of carbonyl (C=O) groups is 1. The Morgan fingerprint density at radius 3 is 2.51 bits per heavy atom. The molecule has 8 heteroatoms. The van der Waals surface area contributed by atoms with Gasteiger partial charge in [0.05, 0.1) is 19.1 Å². The van der Waals surface area contributed by atoms with Crippen LogP contribution in [0, 0.1) is 6.92 Å². The van der Waals surface area contributed by atoms with Crippen molar-refractivity contribution < 1.29 is 9.53 Å². The number of ether oxygens (including phenoxy) is 1. The fourth-order valence-electron chi connectivity index (χ4n) is 3.92. The van der Waals surface area contributed by atoms with Crippen molar-refractivity contribution in [1.29, 1.82) is 0 Å². The van der Waals surface area contributed by atoms with Gasteiger partial charge in [0.15, 0.2) is 11.0 Å². The molecule has 1 N–H and O–H groups in total. The quantitative estimate of drug-likeness (QED) is 0.167. The van der Waals surface area contributed by atoms with Crippen LogP contribution < -0.4 is 10.2 Å². The van der Waals surface area contributed by atoms with E-state index in [2.05, 4.69) is 20.7 Å². The van der Waals surface area contributed by atoms with Crippen LogP contribution in [0.15, 0.2) is 101 Å². The average molecular weight is 508 g/mol. The van der Waals surface area contributed by atoms with Crippen molar-refractivity contribution in [2.24, 2.45) is 5.10 Å². The van der Waals surface area contributed by atoms with Crippen LogP contribution in [0.5, 0.6) is 5.75 Å². The molecule has 37 heavy (non-hydrogen) atoms. The molecule has 0 radical (unpaired) electrons. The third-order valence-corrected chi connectivity index (χ3v) is 6.75. The molecule has 1 heterocycles. The zero-order chi connectivity index (χ0) is 25.6. The van der Waals surface area contributed by atoms with Crippen molar-refractivity contribution in [2.75, 3.05) is 12.9 Å². The van der Waals surface area contributed by atoms with E-state index in [0.29, 0.717) is 11.0 Å². The Bertz CT molecular complexity index is 1550. The number of aromatic nitrogens is 3. The minimum absolute atomic E-state index is 0.134. The van der Waals surface area contributed by atoms with Gasteiger partial charge in [-0.05, 0) is 42.0 Å². The molecule has 5 rings (SSSR count). The molecule has 0 aliphatic heterocycles. The SMILES string of the molecule is COc1ccc(-n2c(SCC(=O)NN=Cc3cccc4ccccc34)nnc2-c2ccc(C)cc2)cc1. The van der Waals surface area contributed by atoms with Gasteiger partial charge in [-0.15, -0.1) is 10.2 Å². The van der Waals surface area contributed by atoms with Crippen LogP contribution >= 0.6 is 11.8 Å². The van der Waals surface area contributed by atoms with Crippen LogP contribution in [0.2, 0.25) is 0 Å². The van der Waals surface area contributed by atoms with Gasteiger partial charge in [-0.3, -0.25) is 9.36 Å². The lowest BCUT2D eigenvalue weighted by Gasteiger charge is -2.11. The summed E-state index contributed by atoms with van der Waals surface area (Å²) in [6.45, 7) is 2.04. The molecule has 4 aromatic carbocycles. The van der Waals surface area contributed by atoms with Gasteiger partial charge < -0.3 is 4.74 Å². The van der Waals surface area contributed by atoms with Gasteiger partial charge in [0.1, 0.15) is 5.75 Å². The van der Waals surface area contributed by atoms with Gasteiger partial charge in [-0.25, -0.2) is 5.43 Å². The molecule has 0 atom stereocenters. The van der Waals surface area contributed by atoms with Crippen molar-refractivity contribution in [3.8, 4) is 22.8 Å². The maximum Gasteiger partial charge on any atom is 0.250 e. The van der Waals surface area contributed by atoms with Gasteiger partial charge in [0.25, 0.3) is 5.91 Å². The summed E-state index contributed by atoms with van der Waals surface area (Å²) in [5, 5.41) is 15.8. The zero-order valence-corrected chi connectivity index (χ0v) is 21.3. The van der Waals surface area contributed by atoms with Crippen LogP contribution in [0.25, 0.3) is 27.8 Å².